The Morgan fingerprint density at radius 3 is 2.77 bits per heavy atom. The Kier molecular flexibility index (Phi) is 6.13. The molecule has 0 spiro atoms. The van der Waals surface area contributed by atoms with Gasteiger partial charge >= 0.3 is 0 Å². The van der Waals surface area contributed by atoms with Gasteiger partial charge in [0.05, 0.1) is 18.8 Å². The fourth-order valence-electron chi connectivity index (χ4n) is 2.05. The zero-order valence-electron chi connectivity index (χ0n) is 12.8. The minimum atomic E-state index is 0.147. The molecular formula is C18H21N3O. The van der Waals surface area contributed by atoms with Gasteiger partial charge in [0.2, 0.25) is 0 Å². The lowest BCUT2D eigenvalue weighted by atomic mass is 10.1. The number of rotatable bonds is 6. The molecule has 0 fully saturated rings. The lowest BCUT2D eigenvalue weighted by Crippen LogP contribution is -2.39. The van der Waals surface area contributed by atoms with Gasteiger partial charge in [-0.1, -0.05) is 36.3 Å². The molecule has 2 N–H and O–H groups in total. The molecule has 114 valence electrons. The summed E-state index contributed by atoms with van der Waals surface area (Å²) in [6.45, 7) is 3.16. The Balaban J connectivity index is 1.94. The first-order valence-corrected chi connectivity index (χ1v) is 7.35. The summed E-state index contributed by atoms with van der Waals surface area (Å²) in [4.78, 5) is 4.54. The van der Waals surface area contributed by atoms with Gasteiger partial charge in [0.25, 0.3) is 0 Å². The predicted molar refractivity (Wildman–Crippen MR) is 89.5 cm³/mol. The fraction of sp³-hybridized carbons (Fsp3) is 0.278. The summed E-state index contributed by atoms with van der Waals surface area (Å²) in [6, 6.07) is 14.2. The topological polar surface area (TPSA) is 49.6 Å². The van der Waals surface area contributed by atoms with Crippen molar-refractivity contribution in [2.24, 2.45) is 4.99 Å². The lowest BCUT2D eigenvalue weighted by Gasteiger charge is -2.17. The Hall–Kier alpha value is -2.67. The molecule has 4 nitrogen and oxygen atoms in total. The third kappa shape index (κ3) is 5.02. The van der Waals surface area contributed by atoms with E-state index in [1.54, 1.807) is 6.26 Å². The van der Waals surface area contributed by atoms with E-state index >= 15 is 0 Å². The molecular weight excluding hydrogens is 274 g/mol. The maximum absolute atomic E-state index is 5.31. The van der Waals surface area contributed by atoms with Crippen molar-refractivity contribution >= 4 is 5.96 Å². The maximum atomic E-state index is 5.31. The van der Waals surface area contributed by atoms with E-state index in [2.05, 4.69) is 40.6 Å². The minimum Gasteiger partial charge on any atom is -0.469 e. The first-order valence-electron chi connectivity index (χ1n) is 7.35. The monoisotopic (exact) mass is 295 g/mol. The molecule has 0 saturated carbocycles. The summed E-state index contributed by atoms with van der Waals surface area (Å²) < 4.78 is 5.30. The molecule has 2 rings (SSSR count). The molecule has 0 aliphatic rings. The van der Waals surface area contributed by atoms with Crippen LogP contribution in [0.15, 0.2) is 58.1 Å². The van der Waals surface area contributed by atoms with Gasteiger partial charge in [-0.3, -0.25) is 4.99 Å². The summed E-state index contributed by atoms with van der Waals surface area (Å²) in [5.74, 6) is 4.20. The molecule has 1 unspecified atom stereocenters. The zero-order valence-corrected chi connectivity index (χ0v) is 12.8. The largest absolute Gasteiger partial charge is 0.469 e. The second-order valence-electron chi connectivity index (χ2n) is 4.89. The number of nitrogens with zero attached hydrogens (tertiary/aromatic N) is 1. The number of nitrogens with one attached hydrogen (secondary N) is 2. The fourth-order valence-corrected chi connectivity index (χ4v) is 2.05. The van der Waals surface area contributed by atoms with Gasteiger partial charge < -0.3 is 15.1 Å². The lowest BCUT2D eigenvalue weighted by molar-refractivity contribution is 0.510. The van der Waals surface area contributed by atoms with E-state index in [-0.39, 0.29) is 6.04 Å². The Morgan fingerprint density at radius 1 is 1.27 bits per heavy atom. The molecule has 1 aromatic heterocycles. The third-order valence-electron chi connectivity index (χ3n) is 3.22. The number of hydrogen-bond donors (Lipinski definition) is 2. The molecule has 1 heterocycles. The summed E-state index contributed by atoms with van der Waals surface area (Å²) in [5.41, 5.74) is 1.20. The van der Waals surface area contributed by atoms with E-state index < -0.39 is 0 Å². The van der Waals surface area contributed by atoms with Gasteiger partial charge in [-0.05, 0) is 24.6 Å². The highest BCUT2D eigenvalue weighted by molar-refractivity contribution is 5.80. The molecule has 1 atom stereocenters. The molecule has 0 saturated heterocycles. The van der Waals surface area contributed by atoms with Gasteiger partial charge in [-0.2, -0.15) is 0 Å². The van der Waals surface area contributed by atoms with Crippen molar-refractivity contribution in [1.82, 2.24) is 10.6 Å². The number of guanidine groups is 1. The van der Waals surface area contributed by atoms with Gasteiger partial charge in [-0.25, -0.2) is 0 Å². The first kappa shape index (κ1) is 15.7. The van der Waals surface area contributed by atoms with Gasteiger partial charge in [0, 0.05) is 13.0 Å². The molecule has 22 heavy (non-hydrogen) atoms. The van der Waals surface area contributed by atoms with Crippen LogP contribution in [0.4, 0.5) is 0 Å². The van der Waals surface area contributed by atoms with Crippen molar-refractivity contribution in [3.05, 3.63) is 60.1 Å². The zero-order chi connectivity index (χ0) is 15.6. The quantitative estimate of drug-likeness (QED) is 0.489. The predicted octanol–water partition coefficient (Wildman–Crippen LogP) is 2.75. The second kappa shape index (κ2) is 8.58. The molecule has 0 aliphatic carbocycles. The van der Waals surface area contributed by atoms with E-state index in [4.69, 9.17) is 10.8 Å². The van der Waals surface area contributed by atoms with Gasteiger partial charge in [-0.15, -0.1) is 6.42 Å². The highest BCUT2D eigenvalue weighted by atomic mass is 16.3. The van der Waals surface area contributed by atoms with Crippen molar-refractivity contribution < 1.29 is 4.42 Å². The van der Waals surface area contributed by atoms with Crippen LogP contribution >= 0.6 is 0 Å². The van der Waals surface area contributed by atoms with E-state index in [1.807, 2.05) is 30.3 Å². The van der Waals surface area contributed by atoms with E-state index in [9.17, 15) is 0 Å². The standard InChI is InChI=1S/C18H21N3O/c1-3-12-19-18(20-13-11-17-10-7-14-22-17)21-15(2)16-8-5-4-6-9-16/h1,4-10,14-15H,11-13H2,2H3,(H2,19,20,21). The van der Waals surface area contributed by atoms with Crippen LogP contribution in [0.3, 0.4) is 0 Å². The summed E-state index contributed by atoms with van der Waals surface area (Å²) in [6.07, 6.45) is 7.75. The van der Waals surface area contributed by atoms with Crippen LogP contribution < -0.4 is 10.6 Å². The highest BCUT2D eigenvalue weighted by Crippen LogP contribution is 2.10. The number of aliphatic imine (C=N–C) groups is 1. The van der Waals surface area contributed by atoms with Crippen LogP contribution in [0.5, 0.6) is 0 Å². The normalized spacial score (nSPS) is 12.5. The Morgan fingerprint density at radius 2 is 2.09 bits per heavy atom. The van der Waals surface area contributed by atoms with Crippen LogP contribution in [-0.4, -0.2) is 19.0 Å². The van der Waals surface area contributed by atoms with Crippen LogP contribution in [0, 0.1) is 12.3 Å². The molecule has 2 aromatic rings. The van der Waals surface area contributed by atoms with Crippen molar-refractivity contribution in [2.45, 2.75) is 19.4 Å². The van der Waals surface area contributed by atoms with Crippen LogP contribution in [0.2, 0.25) is 0 Å². The summed E-state index contributed by atoms with van der Waals surface area (Å²) in [7, 11) is 0. The van der Waals surface area contributed by atoms with Crippen molar-refractivity contribution in [3.8, 4) is 12.3 Å². The molecule has 0 bridgehead atoms. The number of benzene rings is 1. The molecule has 0 amide bonds. The smallest absolute Gasteiger partial charge is 0.192 e. The maximum Gasteiger partial charge on any atom is 0.192 e. The number of terminal acetylenes is 1. The second-order valence-corrected chi connectivity index (χ2v) is 4.89. The SMILES string of the molecule is C#CCNC(=NCCc1ccco1)NC(C)c1ccccc1. The Labute approximate surface area is 131 Å². The average Bonchev–Trinajstić information content (AvgIpc) is 3.06. The highest BCUT2D eigenvalue weighted by Gasteiger charge is 2.07. The molecule has 4 heteroatoms. The molecule has 1 aromatic carbocycles. The van der Waals surface area contributed by atoms with Crippen LogP contribution in [0.25, 0.3) is 0 Å². The average molecular weight is 295 g/mol. The van der Waals surface area contributed by atoms with Crippen molar-refractivity contribution in [2.75, 3.05) is 13.1 Å². The van der Waals surface area contributed by atoms with Crippen LogP contribution in [-0.2, 0) is 6.42 Å². The van der Waals surface area contributed by atoms with Gasteiger partial charge in [0.15, 0.2) is 5.96 Å². The summed E-state index contributed by atoms with van der Waals surface area (Å²) in [5, 5.41) is 6.48. The summed E-state index contributed by atoms with van der Waals surface area (Å²) >= 11 is 0. The minimum absolute atomic E-state index is 0.147. The van der Waals surface area contributed by atoms with E-state index in [0.717, 1.165) is 12.2 Å². The van der Waals surface area contributed by atoms with E-state index in [1.165, 1.54) is 5.56 Å². The van der Waals surface area contributed by atoms with Crippen molar-refractivity contribution in [1.29, 1.82) is 0 Å². The van der Waals surface area contributed by atoms with Crippen molar-refractivity contribution in [3.63, 3.8) is 0 Å². The molecule has 0 radical (unpaired) electrons. The number of hydrogen-bond acceptors (Lipinski definition) is 2. The first-order chi connectivity index (χ1) is 10.8. The van der Waals surface area contributed by atoms with Gasteiger partial charge in [0.1, 0.15) is 5.76 Å². The third-order valence-corrected chi connectivity index (χ3v) is 3.22. The Bertz CT molecular complexity index is 612. The number of furan rings is 1. The van der Waals surface area contributed by atoms with Crippen LogP contribution in [0.1, 0.15) is 24.3 Å². The van der Waals surface area contributed by atoms with E-state index in [0.29, 0.717) is 19.0 Å². The molecule has 0 aliphatic heterocycles.